The van der Waals surface area contributed by atoms with Gasteiger partial charge in [-0.15, -0.1) is 0 Å². The molecule has 0 unspecified atom stereocenters. The van der Waals surface area contributed by atoms with Crippen LogP contribution in [-0.2, 0) is 12.0 Å². The molecule has 0 saturated carbocycles. The fourth-order valence-electron chi connectivity index (χ4n) is 4.31. The first-order valence-corrected chi connectivity index (χ1v) is 11.6. The summed E-state index contributed by atoms with van der Waals surface area (Å²) in [6, 6.07) is 12.0. The van der Waals surface area contributed by atoms with Crippen molar-refractivity contribution in [3.63, 3.8) is 0 Å². The van der Waals surface area contributed by atoms with Gasteiger partial charge in [-0.1, -0.05) is 26.8 Å². The van der Waals surface area contributed by atoms with Crippen LogP contribution in [0.1, 0.15) is 31.9 Å². The molecule has 1 saturated heterocycles. The lowest BCUT2D eigenvalue weighted by Gasteiger charge is -2.35. The lowest BCUT2D eigenvalue weighted by atomic mass is 9.86. The standard InChI is InChI=1S/C26H36N2O5/c1-26(2,3)22-14-21(30-4)6-8-23(22)31-17-20(29)16-28-11-9-27(10-12-28)15-19-5-7-24-25(13-19)33-18-32-24/h5-8,13-14,20,29H,9-12,15-18H2,1-4H3/t20-/m1/s1. The number of nitrogens with zero attached hydrogens (tertiary/aromatic N) is 2. The first-order valence-electron chi connectivity index (χ1n) is 11.6. The van der Waals surface area contributed by atoms with E-state index in [1.54, 1.807) is 7.11 Å². The maximum absolute atomic E-state index is 10.6. The average Bonchev–Trinajstić information content (AvgIpc) is 3.26. The predicted octanol–water partition coefficient (Wildman–Crippen LogP) is 3.28. The summed E-state index contributed by atoms with van der Waals surface area (Å²) < 4.78 is 22.3. The number of fused-ring (bicyclic) bond motifs is 1. The van der Waals surface area contributed by atoms with Gasteiger partial charge in [-0.3, -0.25) is 9.80 Å². The van der Waals surface area contributed by atoms with Crippen molar-refractivity contribution in [2.75, 3.05) is 53.2 Å². The summed E-state index contributed by atoms with van der Waals surface area (Å²) in [7, 11) is 1.67. The Morgan fingerprint density at radius 2 is 1.70 bits per heavy atom. The third-order valence-corrected chi connectivity index (χ3v) is 6.20. The van der Waals surface area contributed by atoms with Crippen molar-refractivity contribution in [1.29, 1.82) is 0 Å². The van der Waals surface area contributed by atoms with Crippen molar-refractivity contribution < 1.29 is 24.1 Å². The minimum absolute atomic E-state index is 0.0802. The van der Waals surface area contributed by atoms with Crippen LogP contribution in [-0.4, -0.2) is 74.2 Å². The van der Waals surface area contributed by atoms with Crippen molar-refractivity contribution in [3.05, 3.63) is 47.5 Å². The van der Waals surface area contributed by atoms with Gasteiger partial charge in [0.1, 0.15) is 24.2 Å². The molecule has 2 aliphatic heterocycles. The molecule has 0 spiro atoms. The molecule has 2 heterocycles. The van der Waals surface area contributed by atoms with E-state index < -0.39 is 6.10 Å². The van der Waals surface area contributed by atoms with Gasteiger partial charge >= 0.3 is 0 Å². The van der Waals surface area contributed by atoms with Gasteiger partial charge in [0, 0.05) is 44.8 Å². The number of piperazine rings is 1. The van der Waals surface area contributed by atoms with Crippen LogP contribution in [0.25, 0.3) is 0 Å². The highest BCUT2D eigenvalue weighted by Crippen LogP contribution is 2.35. The van der Waals surface area contributed by atoms with Gasteiger partial charge < -0.3 is 24.1 Å². The van der Waals surface area contributed by atoms with E-state index in [4.69, 9.17) is 18.9 Å². The van der Waals surface area contributed by atoms with Crippen LogP contribution in [0.3, 0.4) is 0 Å². The van der Waals surface area contributed by atoms with Crippen LogP contribution >= 0.6 is 0 Å². The van der Waals surface area contributed by atoms with E-state index in [1.807, 2.05) is 24.3 Å². The second kappa shape index (κ2) is 10.2. The molecule has 1 atom stereocenters. The first-order chi connectivity index (χ1) is 15.8. The van der Waals surface area contributed by atoms with Crippen molar-refractivity contribution in [2.45, 2.75) is 38.8 Å². The van der Waals surface area contributed by atoms with Crippen molar-refractivity contribution in [1.82, 2.24) is 9.80 Å². The number of hydrogen-bond acceptors (Lipinski definition) is 7. The fraction of sp³-hybridized carbons (Fsp3) is 0.538. The second-order valence-corrected chi connectivity index (χ2v) is 9.84. The molecule has 7 nitrogen and oxygen atoms in total. The Bertz CT molecular complexity index is 935. The Balaban J connectivity index is 1.23. The zero-order chi connectivity index (χ0) is 23.4. The maximum atomic E-state index is 10.6. The van der Waals surface area contributed by atoms with Crippen LogP contribution in [0.5, 0.6) is 23.0 Å². The van der Waals surface area contributed by atoms with Crippen molar-refractivity contribution in [2.24, 2.45) is 0 Å². The normalized spacial score (nSPS) is 17.7. The molecule has 0 aliphatic carbocycles. The van der Waals surface area contributed by atoms with Gasteiger partial charge in [0.2, 0.25) is 6.79 Å². The van der Waals surface area contributed by atoms with Crippen LogP contribution in [0.15, 0.2) is 36.4 Å². The van der Waals surface area contributed by atoms with Crippen LogP contribution < -0.4 is 18.9 Å². The molecule has 0 amide bonds. The number of aliphatic hydroxyl groups excluding tert-OH is 1. The molecule has 1 fully saturated rings. The Hall–Kier alpha value is -2.48. The van der Waals surface area contributed by atoms with Gasteiger partial charge in [0.05, 0.1) is 7.11 Å². The molecule has 33 heavy (non-hydrogen) atoms. The topological polar surface area (TPSA) is 63.6 Å². The monoisotopic (exact) mass is 456 g/mol. The maximum Gasteiger partial charge on any atom is 0.231 e. The SMILES string of the molecule is COc1ccc(OC[C@H](O)CN2CCN(Cc3ccc4c(c3)OCO4)CC2)c(C(C)(C)C)c1. The lowest BCUT2D eigenvalue weighted by molar-refractivity contribution is 0.0442. The minimum atomic E-state index is -0.541. The molecule has 0 radical (unpaired) electrons. The van der Waals surface area contributed by atoms with Gasteiger partial charge in [0.25, 0.3) is 0 Å². The number of β-amino-alcohol motifs (C(OH)–C–C–N with tert-alkyl or cyclic N) is 1. The summed E-state index contributed by atoms with van der Waals surface area (Å²) in [5, 5.41) is 10.6. The summed E-state index contributed by atoms with van der Waals surface area (Å²) in [5.74, 6) is 3.27. The van der Waals surface area contributed by atoms with Gasteiger partial charge in [-0.05, 0) is 41.3 Å². The Morgan fingerprint density at radius 3 is 2.42 bits per heavy atom. The average molecular weight is 457 g/mol. The molecular weight excluding hydrogens is 420 g/mol. The number of benzene rings is 2. The lowest BCUT2D eigenvalue weighted by Crippen LogP contribution is -2.48. The quantitative estimate of drug-likeness (QED) is 0.654. The Morgan fingerprint density at radius 1 is 0.970 bits per heavy atom. The van der Waals surface area contributed by atoms with Gasteiger partial charge in [-0.25, -0.2) is 0 Å². The van der Waals surface area contributed by atoms with Crippen LogP contribution in [0.4, 0.5) is 0 Å². The zero-order valence-electron chi connectivity index (χ0n) is 20.2. The van der Waals surface area contributed by atoms with Crippen molar-refractivity contribution >= 4 is 0 Å². The molecule has 180 valence electrons. The smallest absolute Gasteiger partial charge is 0.231 e. The third-order valence-electron chi connectivity index (χ3n) is 6.20. The molecule has 7 heteroatoms. The number of rotatable bonds is 8. The summed E-state index contributed by atoms with van der Waals surface area (Å²) >= 11 is 0. The summed E-state index contributed by atoms with van der Waals surface area (Å²) in [5.41, 5.74) is 2.23. The Kier molecular flexibility index (Phi) is 7.32. The van der Waals surface area contributed by atoms with E-state index in [0.29, 0.717) is 13.3 Å². The molecule has 2 aromatic carbocycles. The summed E-state index contributed by atoms with van der Waals surface area (Å²) in [6.45, 7) is 12.3. The number of methoxy groups -OCH3 is 1. The van der Waals surface area contributed by atoms with E-state index in [9.17, 15) is 5.11 Å². The van der Waals surface area contributed by atoms with E-state index in [1.165, 1.54) is 5.56 Å². The molecule has 0 aromatic heterocycles. The highest BCUT2D eigenvalue weighted by atomic mass is 16.7. The van der Waals surface area contributed by atoms with E-state index in [2.05, 4.69) is 42.7 Å². The molecular formula is C26H36N2O5. The van der Waals surface area contributed by atoms with E-state index in [-0.39, 0.29) is 12.0 Å². The Labute approximate surface area is 196 Å². The highest BCUT2D eigenvalue weighted by Gasteiger charge is 2.23. The third kappa shape index (κ3) is 6.10. The van der Waals surface area contributed by atoms with Gasteiger partial charge in [-0.2, -0.15) is 0 Å². The van der Waals surface area contributed by atoms with Crippen LogP contribution in [0, 0.1) is 0 Å². The molecule has 2 aromatic rings. The predicted molar refractivity (Wildman–Crippen MR) is 127 cm³/mol. The van der Waals surface area contributed by atoms with Crippen molar-refractivity contribution in [3.8, 4) is 23.0 Å². The molecule has 1 N–H and O–H groups in total. The number of aliphatic hydroxyl groups is 1. The fourth-order valence-corrected chi connectivity index (χ4v) is 4.31. The molecule has 0 bridgehead atoms. The number of ether oxygens (including phenoxy) is 4. The first kappa shape index (κ1) is 23.7. The molecule has 4 rings (SSSR count). The van der Waals surface area contributed by atoms with Crippen LogP contribution in [0.2, 0.25) is 0 Å². The van der Waals surface area contributed by atoms with Gasteiger partial charge in [0.15, 0.2) is 11.5 Å². The largest absolute Gasteiger partial charge is 0.497 e. The van der Waals surface area contributed by atoms with E-state index >= 15 is 0 Å². The summed E-state index contributed by atoms with van der Waals surface area (Å²) in [6.07, 6.45) is -0.541. The minimum Gasteiger partial charge on any atom is -0.497 e. The summed E-state index contributed by atoms with van der Waals surface area (Å²) in [4.78, 5) is 4.74. The zero-order valence-corrected chi connectivity index (χ0v) is 20.2. The molecule has 2 aliphatic rings. The van der Waals surface area contributed by atoms with E-state index in [0.717, 1.165) is 61.3 Å². The number of hydrogen-bond donors (Lipinski definition) is 1. The second-order valence-electron chi connectivity index (χ2n) is 9.84. The highest BCUT2D eigenvalue weighted by molar-refractivity contribution is 5.45.